The molecule has 0 amide bonds. The first-order valence-electron chi connectivity index (χ1n) is 4.41. The summed E-state index contributed by atoms with van der Waals surface area (Å²) in [5.41, 5.74) is 5.76. The smallest absolute Gasteiger partial charge is 0.246 e. The highest BCUT2D eigenvalue weighted by Gasteiger charge is 2.24. The molecular weight excluding hydrogens is 268 g/mol. The van der Waals surface area contributed by atoms with E-state index in [1.165, 1.54) is 7.11 Å². The van der Waals surface area contributed by atoms with E-state index in [2.05, 4.69) is 15.9 Å². The van der Waals surface area contributed by atoms with Gasteiger partial charge in [0.25, 0.3) is 0 Å². The van der Waals surface area contributed by atoms with Gasteiger partial charge < -0.3 is 10.5 Å². The van der Waals surface area contributed by atoms with Crippen molar-refractivity contribution < 1.29 is 13.5 Å². The Kier molecular flexibility index (Phi) is 4.47. The van der Waals surface area contributed by atoms with Crippen molar-refractivity contribution >= 4 is 15.9 Å². The quantitative estimate of drug-likeness (QED) is 0.920. The molecule has 0 heterocycles. The molecule has 5 heteroatoms. The molecular formula is C10H12BrF2NO. The van der Waals surface area contributed by atoms with E-state index in [1.807, 2.05) is 0 Å². The molecule has 0 radical (unpaired) electrons. The zero-order valence-corrected chi connectivity index (χ0v) is 9.80. The van der Waals surface area contributed by atoms with Gasteiger partial charge in [0.2, 0.25) is 6.43 Å². The van der Waals surface area contributed by atoms with Crippen LogP contribution in [0.3, 0.4) is 0 Å². The van der Waals surface area contributed by atoms with E-state index in [1.54, 1.807) is 18.2 Å². The monoisotopic (exact) mass is 279 g/mol. The predicted octanol–water partition coefficient (Wildman–Crippen LogP) is 2.77. The molecule has 2 nitrogen and oxygen atoms in total. The first-order valence-corrected chi connectivity index (χ1v) is 5.21. The summed E-state index contributed by atoms with van der Waals surface area (Å²) in [5.74, 6) is -0.550. The molecule has 0 aliphatic heterocycles. The summed E-state index contributed by atoms with van der Waals surface area (Å²) in [4.78, 5) is 0. The Morgan fingerprint density at radius 1 is 1.47 bits per heavy atom. The molecule has 2 N–H and O–H groups in total. The van der Waals surface area contributed by atoms with Crippen molar-refractivity contribution in [1.29, 1.82) is 0 Å². The third-order valence-corrected chi connectivity index (χ3v) is 2.64. The zero-order valence-electron chi connectivity index (χ0n) is 8.21. The van der Waals surface area contributed by atoms with Crippen molar-refractivity contribution in [3.8, 4) is 5.75 Å². The van der Waals surface area contributed by atoms with Crippen LogP contribution < -0.4 is 10.5 Å². The molecule has 0 aliphatic rings. The molecule has 0 spiro atoms. The lowest BCUT2D eigenvalue weighted by Crippen LogP contribution is -2.20. The second-order valence-electron chi connectivity index (χ2n) is 3.06. The second kappa shape index (κ2) is 5.42. The summed E-state index contributed by atoms with van der Waals surface area (Å²) in [6, 6.07) is 4.99. The molecule has 0 saturated carbocycles. The minimum atomic E-state index is -2.49. The molecule has 0 aromatic heterocycles. The van der Waals surface area contributed by atoms with Crippen molar-refractivity contribution in [2.24, 2.45) is 5.73 Å². The Hall–Kier alpha value is -0.680. The maximum Gasteiger partial charge on any atom is 0.246 e. The number of halogens is 3. The maximum absolute atomic E-state index is 12.7. The van der Waals surface area contributed by atoms with Gasteiger partial charge in [-0.1, -0.05) is 15.9 Å². The van der Waals surface area contributed by atoms with E-state index < -0.39 is 12.3 Å². The number of alkyl halides is 2. The number of ether oxygens (including phenoxy) is 1. The van der Waals surface area contributed by atoms with Gasteiger partial charge in [-0.2, -0.15) is 0 Å². The van der Waals surface area contributed by atoms with Crippen LogP contribution in [0.25, 0.3) is 0 Å². The largest absolute Gasteiger partial charge is 0.496 e. The summed E-state index contributed by atoms with van der Waals surface area (Å²) >= 11 is 3.23. The van der Waals surface area contributed by atoms with Gasteiger partial charge in [-0.15, -0.1) is 0 Å². The van der Waals surface area contributed by atoms with Gasteiger partial charge in [0.1, 0.15) is 5.75 Å². The third kappa shape index (κ3) is 2.89. The Morgan fingerprint density at radius 3 is 2.60 bits per heavy atom. The van der Waals surface area contributed by atoms with Crippen LogP contribution in [-0.2, 0) is 0 Å². The minimum Gasteiger partial charge on any atom is -0.496 e. The van der Waals surface area contributed by atoms with Crippen molar-refractivity contribution in [2.75, 3.05) is 13.7 Å². The first kappa shape index (κ1) is 12.4. The van der Waals surface area contributed by atoms with E-state index in [4.69, 9.17) is 10.5 Å². The summed E-state index contributed by atoms with van der Waals surface area (Å²) in [6.07, 6.45) is -2.49. The Morgan fingerprint density at radius 2 is 2.13 bits per heavy atom. The number of hydrogen-bond acceptors (Lipinski definition) is 2. The number of methoxy groups -OCH3 is 1. The average Bonchev–Trinajstić information content (AvgIpc) is 2.18. The fourth-order valence-electron chi connectivity index (χ4n) is 1.36. The third-order valence-electron chi connectivity index (χ3n) is 2.15. The lowest BCUT2D eigenvalue weighted by molar-refractivity contribution is 0.116. The van der Waals surface area contributed by atoms with E-state index >= 15 is 0 Å². The Balaban J connectivity index is 3.13. The molecule has 0 bridgehead atoms. The summed E-state index contributed by atoms with van der Waals surface area (Å²) < 4.78 is 31.1. The van der Waals surface area contributed by atoms with E-state index in [-0.39, 0.29) is 6.54 Å². The van der Waals surface area contributed by atoms with Gasteiger partial charge in [-0.25, -0.2) is 8.78 Å². The van der Waals surface area contributed by atoms with E-state index in [0.717, 1.165) is 4.47 Å². The first-order chi connectivity index (χ1) is 7.10. The molecule has 0 fully saturated rings. The van der Waals surface area contributed by atoms with Crippen molar-refractivity contribution in [2.45, 2.75) is 12.3 Å². The predicted molar refractivity (Wildman–Crippen MR) is 58.5 cm³/mol. The van der Waals surface area contributed by atoms with Gasteiger partial charge >= 0.3 is 0 Å². The summed E-state index contributed by atoms with van der Waals surface area (Å²) in [5, 5.41) is 0. The van der Waals surface area contributed by atoms with Gasteiger partial charge in [0.05, 0.1) is 13.0 Å². The lowest BCUT2D eigenvalue weighted by atomic mass is 9.99. The molecule has 84 valence electrons. The Bertz CT molecular complexity index is 333. The SMILES string of the molecule is COc1ccc(Br)cc1C(CN)C(F)F. The molecule has 1 unspecified atom stereocenters. The Labute approximate surface area is 95.5 Å². The molecule has 0 saturated heterocycles. The van der Waals surface area contributed by atoms with Crippen molar-refractivity contribution in [3.63, 3.8) is 0 Å². The highest BCUT2D eigenvalue weighted by Crippen LogP contribution is 2.32. The van der Waals surface area contributed by atoms with Crippen LogP contribution >= 0.6 is 15.9 Å². The molecule has 1 rings (SSSR count). The lowest BCUT2D eigenvalue weighted by Gasteiger charge is -2.17. The average molecular weight is 280 g/mol. The molecule has 1 aromatic rings. The minimum absolute atomic E-state index is 0.107. The van der Waals surface area contributed by atoms with Crippen molar-refractivity contribution in [1.82, 2.24) is 0 Å². The van der Waals surface area contributed by atoms with Gasteiger partial charge in [0, 0.05) is 16.6 Å². The van der Waals surface area contributed by atoms with Crippen LogP contribution in [0, 0.1) is 0 Å². The van der Waals surface area contributed by atoms with Crippen LogP contribution in [0.1, 0.15) is 11.5 Å². The van der Waals surface area contributed by atoms with Crippen LogP contribution in [0.15, 0.2) is 22.7 Å². The summed E-state index contributed by atoms with van der Waals surface area (Å²) in [7, 11) is 1.45. The van der Waals surface area contributed by atoms with Crippen LogP contribution in [-0.4, -0.2) is 20.1 Å². The highest BCUT2D eigenvalue weighted by molar-refractivity contribution is 9.10. The van der Waals surface area contributed by atoms with Crippen LogP contribution in [0.2, 0.25) is 0 Å². The second-order valence-corrected chi connectivity index (χ2v) is 3.98. The van der Waals surface area contributed by atoms with Gasteiger partial charge in [-0.05, 0) is 18.2 Å². The van der Waals surface area contributed by atoms with Crippen LogP contribution in [0.4, 0.5) is 8.78 Å². The normalized spacial score (nSPS) is 12.9. The number of hydrogen-bond donors (Lipinski definition) is 1. The highest BCUT2D eigenvalue weighted by atomic mass is 79.9. The number of nitrogens with two attached hydrogens (primary N) is 1. The molecule has 1 aromatic carbocycles. The van der Waals surface area contributed by atoms with Crippen LogP contribution in [0.5, 0.6) is 5.75 Å². The van der Waals surface area contributed by atoms with E-state index in [9.17, 15) is 8.78 Å². The van der Waals surface area contributed by atoms with E-state index in [0.29, 0.717) is 11.3 Å². The molecule has 1 atom stereocenters. The summed E-state index contributed by atoms with van der Waals surface area (Å²) in [6.45, 7) is -0.107. The standard InChI is InChI=1S/C10H12BrF2NO/c1-15-9-3-2-6(11)4-7(9)8(5-14)10(12)13/h2-4,8,10H,5,14H2,1H3. The van der Waals surface area contributed by atoms with Crippen molar-refractivity contribution in [3.05, 3.63) is 28.2 Å². The topological polar surface area (TPSA) is 35.2 Å². The van der Waals surface area contributed by atoms with Gasteiger partial charge in [-0.3, -0.25) is 0 Å². The molecule has 15 heavy (non-hydrogen) atoms. The van der Waals surface area contributed by atoms with Gasteiger partial charge in [0.15, 0.2) is 0 Å². The fourth-order valence-corrected chi connectivity index (χ4v) is 1.74. The number of benzene rings is 1. The zero-order chi connectivity index (χ0) is 11.4. The maximum atomic E-state index is 12.7. The fraction of sp³-hybridized carbons (Fsp3) is 0.400. The molecule has 0 aliphatic carbocycles. The number of rotatable bonds is 4.